The van der Waals surface area contributed by atoms with Crippen molar-refractivity contribution < 1.29 is 8.78 Å². The third-order valence-electron chi connectivity index (χ3n) is 3.36. The number of aryl methyl sites for hydroxylation is 1. The molecule has 0 fully saturated rings. The summed E-state index contributed by atoms with van der Waals surface area (Å²) in [5, 5.41) is 0. The van der Waals surface area contributed by atoms with Crippen molar-refractivity contribution in [3.63, 3.8) is 0 Å². The summed E-state index contributed by atoms with van der Waals surface area (Å²) < 4.78 is 25.4. The largest absolute Gasteiger partial charge is 0.383 e. The molecule has 0 spiro atoms. The van der Waals surface area contributed by atoms with E-state index in [0.717, 1.165) is 30.5 Å². The fraction of sp³-hybridized carbons (Fsp3) is 0.286. The molecule has 1 aliphatic rings. The van der Waals surface area contributed by atoms with Crippen LogP contribution < -0.4 is 5.73 Å². The monoisotopic (exact) mass is 261 g/mol. The highest BCUT2D eigenvalue weighted by atomic mass is 19.3. The van der Waals surface area contributed by atoms with Crippen molar-refractivity contribution in [3.8, 4) is 11.4 Å². The average Bonchev–Trinajstić information content (AvgIpc) is 2.87. The van der Waals surface area contributed by atoms with Gasteiger partial charge in [-0.05, 0) is 25.3 Å². The van der Waals surface area contributed by atoms with E-state index >= 15 is 0 Å². The fourth-order valence-electron chi connectivity index (χ4n) is 2.40. The molecule has 1 aromatic carbocycles. The van der Waals surface area contributed by atoms with Gasteiger partial charge in [-0.2, -0.15) is 0 Å². The molecule has 0 atom stereocenters. The molecule has 3 nitrogen and oxygen atoms in total. The lowest BCUT2D eigenvalue weighted by Crippen LogP contribution is -2.03. The van der Waals surface area contributed by atoms with Crippen LogP contribution in [0.5, 0.6) is 0 Å². The van der Waals surface area contributed by atoms with Gasteiger partial charge in [0.15, 0.2) is 5.82 Å². The molecular formula is C14H13F2N3. The molecule has 1 aliphatic carbocycles. The first kappa shape index (κ1) is 12.0. The van der Waals surface area contributed by atoms with Crippen molar-refractivity contribution in [2.24, 2.45) is 0 Å². The molecule has 2 N–H and O–H groups in total. The molecule has 0 bridgehead atoms. The lowest BCUT2D eigenvalue weighted by Gasteiger charge is -2.08. The number of fused-ring (bicyclic) bond motifs is 1. The van der Waals surface area contributed by atoms with E-state index in [2.05, 4.69) is 9.97 Å². The van der Waals surface area contributed by atoms with E-state index in [9.17, 15) is 8.78 Å². The molecule has 0 amide bonds. The molecule has 3 rings (SSSR count). The van der Waals surface area contributed by atoms with Crippen LogP contribution in [-0.2, 0) is 12.8 Å². The van der Waals surface area contributed by atoms with Gasteiger partial charge in [0, 0.05) is 22.4 Å². The summed E-state index contributed by atoms with van der Waals surface area (Å²) in [6.07, 6.45) is 0.309. The standard InChI is InChI=1S/C14H13F2N3/c15-12(16)8-3-1-4-9(7-8)14-18-11-6-2-5-10(11)13(17)19-14/h1,3-4,7,12H,2,5-6H2,(H2,17,18,19). The average molecular weight is 261 g/mol. The molecule has 5 heteroatoms. The summed E-state index contributed by atoms with van der Waals surface area (Å²) in [5.74, 6) is 0.903. The minimum absolute atomic E-state index is 0.0276. The predicted octanol–water partition coefficient (Wildman–Crippen LogP) is 3.15. The maximum atomic E-state index is 12.7. The van der Waals surface area contributed by atoms with Gasteiger partial charge in [0.25, 0.3) is 6.43 Å². The number of alkyl halides is 2. The van der Waals surface area contributed by atoms with Crippen LogP contribution in [0.3, 0.4) is 0 Å². The van der Waals surface area contributed by atoms with Crippen molar-refractivity contribution in [1.29, 1.82) is 0 Å². The quantitative estimate of drug-likeness (QED) is 0.903. The van der Waals surface area contributed by atoms with Crippen LogP contribution in [0, 0.1) is 0 Å². The van der Waals surface area contributed by atoms with Gasteiger partial charge in [-0.15, -0.1) is 0 Å². The van der Waals surface area contributed by atoms with Crippen molar-refractivity contribution >= 4 is 5.82 Å². The highest BCUT2D eigenvalue weighted by Crippen LogP contribution is 2.29. The Morgan fingerprint density at radius 3 is 2.79 bits per heavy atom. The third-order valence-corrected chi connectivity index (χ3v) is 3.36. The highest BCUT2D eigenvalue weighted by Gasteiger charge is 2.18. The Morgan fingerprint density at radius 1 is 1.16 bits per heavy atom. The normalized spacial score (nSPS) is 13.8. The minimum Gasteiger partial charge on any atom is -0.383 e. The van der Waals surface area contributed by atoms with Crippen molar-refractivity contribution in [1.82, 2.24) is 9.97 Å². The Kier molecular flexibility index (Phi) is 2.89. The van der Waals surface area contributed by atoms with E-state index in [1.165, 1.54) is 12.1 Å². The molecule has 1 heterocycles. The number of rotatable bonds is 2. The van der Waals surface area contributed by atoms with Gasteiger partial charge >= 0.3 is 0 Å². The zero-order chi connectivity index (χ0) is 13.4. The van der Waals surface area contributed by atoms with Crippen LogP contribution in [0.25, 0.3) is 11.4 Å². The maximum absolute atomic E-state index is 12.7. The molecule has 1 aromatic heterocycles. The fourth-order valence-corrected chi connectivity index (χ4v) is 2.40. The van der Waals surface area contributed by atoms with Crippen molar-refractivity contribution in [2.75, 3.05) is 5.73 Å². The SMILES string of the molecule is Nc1nc(-c2cccc(C(F)F)c2)nc2c1CCC2. The van der Waals surface area contributed by atoms with E-state index in [-0.39, 0.29) is 5.56 Å². The molecule has 98 valence electrons. The first-order chi connectivity index (χ1) is 9.15. The number of nitrogens with two attached hydrogens (primary N) is 1. The topological polar surface area (TPSA) is 51.8 Å². The molecular weight excluding hydrogens is 248 g/mol. The molecule has 2 aromatic rings. The Balaban J connectivity index is 2.07. The molecule has 19 heavy (non-hydrogen) atoms. The number of aromatic nitrogens is 2. The van der Waals surface area contributed by atoms with Crippen molar-refractivity contribution in [3.05, 3.63) is 41.1 Å². The number of halogens is 2. The number of nitrogens with zero attached hydrogens (tertiary/aromatic N) is 2. The van der Waals surface area contributed by atoms with Crippen LogP contribution in [0.2, 0.25) is 0 Å². The van der Waals surface area contributed by atoms with Crippen LogP contribution >= 0.6 is 0 Å². The van der Waals surface area contributed by atoms with Gasteiger partial charge in [0.1, 0.15) is 5.82 Å². The molecule has 0 saturated heterocycles. The van der Waals surface area contributed by atoms with Gasteiger partial charge in [0.2, 0.25) is 0 Å². The van der Waals surface area contributed by atoms with Gasteiger partial charge < -0.3 is 5.73 Å². The van der Waals surface area contributed by atoms with E-state index < -0.39 is 6.43 Å². The zero-order valence-corrected chi connectivity index (χ0v) is 10.2. The van der Waals surface area contributed by atoms with Crippen LogP contribution in [0.15, 0.2) is 24.3 Å². The molecule has 0 saturated carbocycles. The van der Waals surface area contributed by atoms with Crippen LogP contribution in [0.1, 0.15) is 29.7 Å². The van der Waals surface area contributed by atoms with E-state index in [1.807, 2.05) is 0 Å². The van der Waals surface area contributed by atoms with Gasteiger partial charge in [-0.1, -0.05) is 18.2 Å². The summed E-state index contributed by atoms with van der Waals surface area (Å²) >= 11 is 0. The van der Waals surface area contributed by atoms with E-state index in [4.69, 9.17) is 5.73 Å². The van der Waals surface area contributed by atoms with Gasteiger partial charge in [-0.25, -0.2) is 18.7 Å². The number of benzene rings is 1. The number of hydrogen-bond donors (Lipinski definition) is 1. The smallest absolute Gasteiger partial charge is 0.263 e. The van der Waals surface area contributed by atoms with Crippen LogP contribution in [-0.4, -0.2) is 9.97 Å². The number of nitrogen functional groups attached to an aromatic ring is 1. The lowest BCUT2D eigenvalue weighted by molar-refractivity contribution is 0.151. The van der Waals surface area contributed by atoms with Gasteiger partial charge in [-0.3, -0.25) is 0 Å². The summed E-state index contributed by atoms with van der Waals surface area (Å²) in [4.78, 5) is 8.69. The molecule has 0 aliphatic heterocycles. The second kappa shape index (κ2) is 4.57. The summed E-state index contributed by atoms with van der Waals surface area (Å²) in [7, 11) is 0. The van der Waals surface area contributed by atoms with E-state index in [0.29, 0.717) is 17.2 Å². The van der Waals surface area contributed by atoms with Gasteiger partial charge in [0.05, 0.1) is 0 Å². The Morgan fingerprint density at radius 2 is 2.00 bits per heavy atom. The highest BCUT2D eigenvalue weighted by molar-refractivity contribution is 5.60. The lowest BCUT2D eigenvalue weighted by atomic mass is 10.1. The molecule has 0 radical (unpaired) electrons. The summed E-state index contributed by atoms with van der Waals surface area (Å²) in [6, 6.07) is 6.12. The predicted molar refractivity (Wildman–Crippen MR) is 68.9 cm³/mol. The Hall–Kier alpha value is -2.04. The first-order valence-corrected chi connectivity index (χ1v) is 6.19. The number of hydrogen-bond acceptors (Lipinski definition) is 3. The summed E-state index contributed by atoms with van der Waals surface area (Å²) in [5.41, 5.74) is 8.42. The Bertz CT molecular complexity index is 626. The summed E-state index contributed by atoms with van der Waals surface area (Å²) in [6.45, 7) is 0. The number of anilines is 1. The first-order valence-electron chi connectivity index (χ1n) is 6.19. The third kappa shape index (κ3) is 2.16. The second-order valence-electron chi connectivity index (χ2n) is 4.64. The second-order valence-corrected chi connectivity index (χ2v) is 4.64. The Labute approximate surface area is 109 Å². The minimum atomic E-state index is -2.49. The zero-order valence-electron chi connectivity index (χ0n) is 10.2. The maximum Gasteiger partial charge on any atom is 0.263 e. The van der Waals surface area contributed by atoms with Crippen molar-refractivity contribution in [2.45, 2.75) is 25.7 Å². The van der Waals surface area contributed by atoms with E-state index in [1.54, 1.807) is 12.1 Å². The van der Waals surface area contributed by atoms with Crippen LogP contribution in [0.4, 0.5) is 14.6 Å². The molecule has 0 unspecified atom stereocenters.